The molecule has 0 atom stereocenters. The van der Waals surface area contributed by atoms with Gasteiger partial charge in [-0.25, -0.2) is 4.39 Å². The number of amides is 1. The fourth-order valence-electron chi connectivity index (χ4n) is 2.01. The number of anilines is 1. The second kappa shape index (κ2) is 7.91. The van der Waals surface area contributed by atoms with Crippen molar-refractivity contribution < 1.29 is 18.8 Å². The van der Waals surface area contributed by atoms with Crippen LogP contribution in [0.4, 0.5) is 15.8 Å². The maximum Gasteiger partial charge on any atom is 0.270 e. The van der Waals surface area contributed by atoms with E-state index in [9.17, 15) is 19.3 Å². The average Bonchev–Trinajstić information content (AvgIpc) is 2.59. The summed E-state index contributed by atoms with van der Waals surface area (Å²) in [7, 11) is 1.62. The lowest BCUT2D eigenvalue weighted by Crippen LogP contribution is -2.28. The molecule has 0 bridgehead atoms. The lowest BCUT2D eigenvalue weighted by Gasteiger charge is -2.10. The molecule has 0 spiro atoms. The fourth-order valence-corrected chi connectivity index (χ4v) is 2.01. The molecule has 0 aliphatic carbocycles. The zero-order valence-electron chi connectivity index (χ0n) is 12.9. The number of nitro benzene ring substituents is 1. The topological polar surface area (TPSA) is 93.5 Å². The normalized spacial score (nSPS) is 10.1. The van der Waals surface area contributed by atoms with Crippen LogP contribution in [0, 0.1) is 15.9 Å². The van der Waals surface area contributed by atoms with Crippen LogP contribution in [0.2, 0.25) is 0 Å². The van der Waals surface area contributed by atoms with Crippen molar-refractivity contribution in [2.24, 2.45) is 0 Å². The smallest absolute Gasteiger partial charge is 0.270 e. The zero-order chi connectivity index (χ0) is 17.5. The van der Waals surface area contributed by atoms with Crippen molar-refractivity contribution in [3.63, 3.8) is 0 Å². The van der Waals surface area contributed by atoms with Crippen molar-refractivity contribution in [2.75, 3.05) is 25.5 Å². The number of ether oxygens (including phenoxy) is 1. The van der Waals surface area contributed by atoms with Crippen LogP contribution in [0.25, 0.3) is 0 Å². The van der Waals surface area contributed by atoms with Crippen LogP contribution in [0.3, 0.4) is 0 Å². The Balaban J connectivity index is 1.93. The van der Waals surface area contributed by atoms with Crippen molar-refractivity contribution in [1.82, 2.24) is 5.32 Å². The van der Waals surface area contributed by atoms with E-state index in [1.54, 1.807) is 7.05 Å². The van der Waals surface area contributed by atoms with Gasteiger partial charge in [0.1, 0.15) is 18.2 Å². The van der Waals surface area contributed by atoms with Gasteiger partial charge in [0.15, 0.2) is 0 Å². The Morgan fingerprint density at radius 2 is 1.96 bits per heavy atom. The number of nitro groups is 1. The Morgan fingerprint density at radius 3 is 2.58 bits per heavy atom. The van der Waals surface area contributed by atoms with E-state index in [1.165, 1.54) is 42.5 Å². The highest BCUT2D eigenvalue weighted by Crippen LogP contribution is 2.21. The van der Waals surface area contributed by atoms with Gasteiger partial charge in [-0.15, -0.1) is 0 Å². The van der Waals surface area contributed by atoms with Crippen LogP contribution in [-0.2, 0) is 0 Å². The van der Waals surface area contributed by atoms with Crippen molar-refractivity contribution in [3.05, 3.63) is 64.0 Å². The van der Waals surface area contributed by atoms with E-state index in [2.05, 4.69) is 10.6 Å². The minimum absolute atomic E-state index is 0.165. The maximum atomic E-state index is 12.8. The second-order valence-corrected chi connectivity index (χ2v) is 4.80. The molecule has 2 aromatic rings. The van der Waals surface area contributed by atoms with Gasteiger partial charge in [-0.1, -0.05) is 0 Å². The lowest BCUT2D eigenvalue weighted by molar-refractivity contribution is -0.384. The monoisotopic (exact) mass is 333 g/mol. The molecular weight excluding hydrogens is 317 g/mol. The number of benzene rings is 2. The van der Waals surface area contributed by atoms with Gasteiger partial charge in [0, 0.05) is 24.9 Å². The van der Waals surface area contributed by atoms with Gasteiger partial charge < -0.3 is 15.4 Å². The van der Waals surface area contributed by atoms with Crippen molar-refractivity contribution in [2.45, 2.75) is 0 Å². The molecule has 0 saturated carbocycles. The minimum Gasteiger partial charge on any atom is -0.492 e. The third-order valence-electron chi connectivity index (χ3n) is 3.20. The molecular formula is C16H16FN3O4. The van der Waals surface area contributed by atoms with Crippen LogP contribution in [0.1, 0.15) is 10.4 Å². The number of nitrogens with one attached hydrogen (secondary N) is 2. The summed E-state index contributed by atoms with van der Waals surface area (Å²) in [6, 6.07) is 9.52. The summed E-state index contributed by atoms with van der Waals surface area (Å²) in [5.41, 5.74) is 0.493. The first-order valence-corrected chi connectivity index (χ1v) is 7.14. The Hall–Kier alpha value is -3.16. The van der Waals surface area contributed by atoms with E-state index in [4.69, 9.17) is 4.74 Å². The summed E-state index contributed by atoms with van der Waals surface area (Å²) in [5, 5.41) is 16.3. The van der Waals surface area contributed by atoms with Crippen LogP contribution in [-0.4, -0.2) is 31.0 Å². The van der Waals surface area contributed by atoms with E-state index in [-0.39, 0.29) is 30.2 Å². The summed E-state index contributed by atoms with van der Waals surface area (Å²) in [4.78, 5) is 22.4. The molecule has 2 N–H and O–H groups in total. The van der Waals surface area contributed by atoms with E-state index in [0.717, 1.165) is 0 Å². The van der Waals surface area contributed by atoms with E-state index in [0.29, 0.717) is 11.4 Å². The number of hydrogen-bond acceptors (Lipinski definition) is 5. The first-order chi connectivity index (χ1) is 11.5. The predicted octanol–water partition coefficient (Wildman–Crippen LogP) is 2.58. The van der Waals surface area contributed by atoms with E-state index >= 15 is 0 Å². The largest absolute Gasteiger partial charge is 0.492 e. The van der Waals surface area contributed by atoms with Gasteiger partial charge in [0.25, 0.3) is 11.6 Å². The third-order valence-corrected chi connectivity index (χ3v) is 3.20. The molecule has 7 nitrogen and oxygen atoms in total. The van der Waals surface area contributed by atoms with Crippen LogP contribution < -0.4 is 15.4 Å². The van der Waals surface area contributed by atoms with Crippen LogP contribution in [0.5, 0.6) is 5.75 Å². The first kappa shape index (κ1) is 17.2. The van der Waals surface area contributed by atoms with Crippen molar-refractivity contribution in [3.8, 4) is 5.75 Å². The number of hydrogen-bond donors (Lipinski definition) is 2. The molecule has 24 heavy (non-hydrogen) atoms. The molecule has 2 rings (SSSR count). The van der Waals surface area contributed by atoms with Gasteiger partial charge >= 0.3 is 0 Å². The number of carbonyl (C=O) groups is 1. The molecule has 0 unspecified atom stereocenters. The molecule has 0 aliphatic heterocycles. The molecule has 2 aromatic carbocycles. The van der Waals surface area contributed by atoms with Gasteiger partial charge in [-0.3, -0.25) is 14.9 Å². The summed E-state index contributed by atoms with van der Waals surface area (Å²) in [6.45, 7) is 0.378. The summed E-state index contributed by atoms with van der Waals surface area (Å²) < 4.78 is 18.1. The minimum atomic E-state index is -0.562. The molecule has 8 heteroatoms. The van der Waals surface area contributed by atoms with Gasteiger partial charge in [-0.2, -0.15) is 0 Å². The number of carbonyl (C=O) groups excluding carboxylic acids is 1. The predicted molar refractivity (Wildman–Crippen MR) is 86.9 cm³/mol. The highest BCUT2D eigenvalue weighted by Gasteiger charge is 2.15. The highest BCUT2D eigenvalue weighted by atomic mass is 19.1. The molecule has 0 radical (unpaired) electrons. The maximum absolute atomic E-state index is 12.8. The number of non-ortho nitro benzene ring substituents is 1. The van der Waals surface area contributed by atoms with Crippen LogP contribution in [0.15, 0.2) is 42.5 Å². The molecule has 0 fully saturated rings. The first-order valence-electron chi connectivity index (χ1n) is 7.14. The molecule has 0 aliphatic rings. The Morgan fingerprint density at radius 1 is 1.25 bits per heavy atom. The number of nitrogens with zero attached hydrogens (tertiary/aromatic N) is 1. The number of halogens is 1. The van der Waals surface area contributed by atoms with E-state index in [1.807, 2.05) is 0 Å². The average molecular weight is 333 g/mol. The second-order valence-electron chi connectivity index (χ2n) is 4.80. The summed E-state index contributed by atoms with van der Waals surface area (Å²) in [5.74, 6) is -0.330. The van der Waals surface area contributed by atoms with Crippen LogP contribution >= 0.6 is 0 Å². The Labute approximate surface area is 137 Å². The SMILES string of the molecule is CNc1ccc([N+](=O)[O-])cc1C(=O)NCCOc1ccc(F)cc1. The van der Waals surface area contributed by atoms with Crippen molar-refractivity contribution in [1.29, 1.82) is 0 Å². The molecule has 0 aromatic heterocycles. The van der Waals surface area contributed by atoms with Gasteiger partial charge in [0.2, 0.25) is 0 Å². The molecule has 0 saturated heterocycles. The highest BCUT2D eigenvalue weighted by molar-refractivity contribution is 6.00. The lowest BCUT2D eigenvalue weighted by atomic mass is 10.1. The Kier molecular flexibility index (Phi) is 5.67. The van der Waals surface area contributed by atoms with Gasteiger partial charge in [-0.05, 0) is 30.3 Å². The van der Waals surface area contributed by atoms with Gasteiger partial charge in [0.05, 0.1) is 17.0 Å². The summed E-state index contributed by atoms with van der Waals surface area (Å²) in [6.07, 6.45) is 0. The third kappa shape index (κ3) is 4.42. The molecule has 126 valence electrons. The molecule has 0 heterocycles. The zero-order valence-corrected chi connectivity index (χ0v) is 12.9. The standard InChI is InChI=1S/C16H16FN3O4/c1-18-15-7-4-12(20(22)23)10-14(15)16(21)19-8-9-24-13-5-2-11(17)3-6-13/h2-7,10,18H,8-9H2,1H3,(H,19,21). The number of rotatable bonds is 7. The molecule has 1 amide bonds. The quantitative estimate of drug-likeness (QED) is 0.461. The fraction of sp³-hybridized carbons (Fsp3) is 0.188. The van der Waals surface area contributed by atoms with E-state index < -0.39 is 10.8 Å². The Bertz CT molecular complexity index is 735. The van der Waals surface area contributed by atoms with Crippen molar-refractivity contribution >= 4 is 17.3 Å². The summed E-state index contributed by atoms with van der Waals surface area (Å²) >= 11 is 0.